The molecular formula is C12H19FN2O4S. The molecule has 1 aromatic carbocycles. The van der Waals surface area contributed by atoms with E-state index in [9.17, 15) is 12.8 Å². The van der Waals surface area contributed by atoms with E-state index in [4.69, 9.17) is 15.2 Å². The summed E-state index contributed by atoms with van der Waals surface area (Å²) >= 11 is 0. The summed E-state index contributed by atoms with van der Waals surface area (Å²) in [7, 11) is -1.35. The molecule has 0 saturated heterocycles. The van der Waals surface area contributed by atoms with Crippen LogP contribution in [0.5, 0.6) is 11.5 Å². The molecule has 0 atom stereocenters. The topological polar surface area (TPSA) is 90.7 Å². The van der Waals surface area contributed by atoms with Crippen LogP contribution in [0.2, 0.25) is 0 Å². The largest absolute Gasteiger partial charge is 0.493 e. The Bertz CT molecular complexity index is 582. The Kier molecular flexibility index (Phi) is 4.95. The second-order valence-electron chi connectivity index (χ2n) is 4.95. The zero-order valence-corrected chi connectivity index (χ0v) is 12.7. The van der Waals surface area contributed by atoms with E-state index >= 15 is 0 Å². The van der Waals surface area contributed by atoms with Gasteiger partial charge in [0.15, 0.2) is 11.5 Å². The number of benzene rings is 1. The average molecular weight is 306 g/mol. The number of hydrogen-bond donors (Lipinski definition) is 2. The van der Waals surface area contributed by atoms with Gasteiger partial charge < -0.3 is 15.2 Å². The Balaban J connectivity index is 3.18. The predicted octanol–water partition coefficient (Wildman–Crippen LogP) is 0.859. The Morgan fingerprint density at radius 3 is 2.20 bits per heavy atom. The second-order valence-corrected chi connectivity index (χ2v) is 6.69. The van der Waals surface area contributed by atoms with E-state index < -0.39 is 26.3 Å². The molecule has 0 saturated carbocycles. The van der Waals surface area contributed by atoms with Gasteiger partial charge in [0.25, 0.3) is 0 Å². The lowest BCUT2D eigenvalue weighted by Gasteiger charge is -2.19. The molecule has 0 aliphatic heterocycles. The molecule has 0 spiro atoms. The Morgan fingerprint density at radius 2 is 1.75 bits per heavy atom. The van der Waals surface area contributed by atoms with Crippen LogP contribution in [0.1, 0.15) is 13.8 Å². The molecule has 20 heavy (non-hydrogen) atoms. The summed E-state index contributed by atoms with van der Waals surface area (Å²) in [4.78, 5) is -0.514. The first-order valence-corrected chi connectivity index (χ1v) is 7.29. The fraction of sp³-hybridized carbons (Fsp3) is 0.500. The van der Waals surface area contributed by atoms with E-state index in [2.05, 4.69) is 4.72 Å². The molecule has 0 unspecified atom stereocenters. The summed E-state index contributed by atoms with van der Waals surface area (Å²) in [6.07, 6.45) is 0. The number of halogens is 1. The molecule has 0 amide bonds. The third kappa shape index (κ3) is 4.06. The number of sulfonamides is 1. The Hall–Kier alpha value is -1.38. The van der Waals surface area contributed by atoms with E-state index in [0.717, 1.165) is 12.1 Å². The molecular weight excluding hydrogens is 287 g/mol. The summed E-state index contributed by atoms with van der Waals surface area (Å²) in [5.41, 5.74) is 4.95. The molecule has 0 aromatic heterocycles. The standard InChI is InChI=1S/C12H19FN2O4S/c1-12(2,14)7-15-20(16,17)11-6-10(19-4)9(18-3)5-8(11)13/h5-6,15H,7,14H2,1-4H3. The minimum atomic E-state index is -4.02. The molecule has 0 heterocycles. The van der Waals surface area contributed by atoms with Crippen LogP contribution in [0, 0.1) is 5.82 Å². The molecule has 8 heteroatoms. The first kappa shape index (κ1) is 16.7. The lowest BCUT2D eigenvalue weighted by atomic mass is 10.1. The van der Waals surface area contributed by atoms with Gasteiger partial charge in [-0.2, -0.15) is 0 Å². The van der Waals surface area contributed by atoms with Crippen molar-refractivity contribution in [2.24, 2.45) is 5.73 Å². The highest BCUT2D eigenvalue weighted by Crippen LogP contribution is 2.31. The van der Waals surface area contributed by atoms with Crippen molar-refractivity contribution in [1.29, 1.82) is 0 Å². The molecule has 0 fully saturated rings. The number of ether oxygens (including phenoxy) is 2. The van der Waals surface area contributed by atoms with Gasteiger partial charge in [-0.3, -0.25) is 0 Å². The fourth-order valence-corrected chi connectivity index (χ4v) is 2.70. The lowest BCUT2D eigenvalue weighted by Crippen LogP contribution is -2.45. The van der Waals surface area contributed by atoms with Gasteiger partial charge in [0.2, 0.25) is 10.0 Å². The number of methoxy groups -OCH3 is 2. The molecule has 0 bridgehead atoms. The highest BCUT2D eigenvalue weighted by atomic mass is 32.2. The number of hydrogen-bond acceptors (Lipinski definition) is 5. The molecule has 0 aliphatic carbocycles. The quantitative estimate of drug-likeness (QED) is 0.813. The number of nitrogens with two attached hydrogens (primary N) is 1. The third-order valence-electron chi connectivity index (χ3n) is 2.45. The number of nitrogens with one attached hydrogen (secondary N) is 1. The van der Waals surface area contributed by atoms with Crippen LogP contribution in [0.3, 0.4) is 0 Å². The zero-order valence-electron chi connectivity index (χ0n) is 11.9. The van der Waals surface area contributed by atoms with Gasteiger partial charge >= 0.3 is 0 Å². The van der Waals surface area contributed by atoms with Crippen LogP contribution in [0.4, 0.5) is 4.39 Å². The van der Waals surface area contributed by atoms with Gasteiger partial charge in [-0.1, -0.05) is 0 Å². The van der Waals surface area contributed by atoms with Crippen molar-refractivity contribution in [2.45, 2.75) is 24.3 Å². The summed E-state index contributed by atoms with van der Waals surface area (Å²) in [5, 5.41) is 0. The van der Waals surface area contributed by atoms with E-state index in [1.165, 1.54) is 14.2 Å². The van der Waals surface area contributed by atoms with Crippen LogP contribution in [-0.4, -0.2) is 34.7 Å². The average Bonchev–Trinajstić information content (AvgIpc) is 2.35. The van der Waals surface area contributed by atoms with Crippen LogP contribution in [-0.2, 0) is 10.0 Å². The van der Waals surface area contributed by atoms with Crippen LogP contribution < -0.4 is 19.9 Å². The first-order valence-electron chi connectivity index (χ1n) is 5.81. The molecule has 0 radical (unpaired) electrons. The van der Waals surface area contributed by atoms with Gasteiger partial charge in [-0.05, 0) is 13.8 Å². The van der Waals surface area contributed by atoms with Gasteiger partial charge in [0.05, 0.1) is 14.2 Å². The number of rotatable bonds is 6. The van der Waals surface area contributed by atoms with Crippen molar-refractivity contribution >= 4 is 10.0 Å². The normalized spacial score (nSPS) is 12.3. The van der Waals surface area contributed by atoms with Gasteiger partial charge in [0, 0.05) is 24.2 Å². The van der Waals surface area contributed by atoms with E-state index in [1.807, 2.05) is 0 Å². The highest BCUT2D eigenvalue weighted by molar-refractivity contribution is 7.89. The fourth-order valence-electron chi connectivity index (χ4n) is 1.40. The molecule has 1 rings (SSSR count). The van der Waals surface area contributed by atoms with Gasteiger partial charge in [-0.25, -0.2) is 17.5 Å². The first-order chi connectivity index (χ1) is 9.10. The molecule has 1 aromatic rings. The van der Waals surface area contributed by atoms with Crippen molar-refractivity contribution in [3.63, 3.8) is 0 Å². The molecule has 0 aliphatic rings. The summed E-state index contributed by atoms with van der Waals surface area (Å²) in [5.74, 6) is -0.686. The third-order valence-corrected chi connectivity index (χ3v) is 3.86. The second kappa shape index (κ2) is 5.94. The maximum Gasteiger partial charge on any atom is 0.243 e. The SMILES string of the molecule is COc1cc(F)c(S(=O)(=O)NCC(C)(C)N)cc1OC. The molecule has 6 nitrogen and oxygen atoms in total. The highest BCUT2D eigenvalue weighted by Gasteiger charge is 2.24. The minimum absolute atomic E-state index is 0.0247. The van der Waals surface area contributed by atoms with Crippen molar-refractivity contribution in [1.82, 2.24) is 4.72 Å². The zero-order chi connectivity index (χ0) is 15.6. The lowest BCUT2D eigenvalue weighted by molar-refractivity contribution is 0.350. The van der Waals surface area contributed by atoms with Crippen molar-refractivity contribution < 1.29 is 22.3 Å². The van der Waals surface area contributed by atoms with Crippen molar-refractivity contribution in [3.8, 4) is 11.5 Å². The van der Waals surface area contributed by atoms with Crippen LogP contribution in [0.25, 0.3) is 0 Å². The van der Waals surface area contributed by atoms with E-state index in [1.54, 1.807) is 13.8 Å². The van der Waals surface area contributed by atoms with Crippen molar-refractivity contribution in [2.75, 3.05) is 20.8 Å². The van der Waals surface area contributed by atoms with Gasteiger partial charge in [-0.15, -0.1) is 0 Å². The molecule has 3 N–H and O–H groups in total. The summed E-state index contributed by atoms with van der Waals surface area (Å²) < 4.78 is 50.1. The molecule has 114 valence electrons. The summed E-state index contributed by atoms with van der Waals surface area (Å²) in [6, 6.07) is 2.03. The predicted molar refractivity (Wildman–Crippen MR) is 73.0 cm³/mol. The Morgan fingerprint density at radius 1 is 1.25 bits per heavy atom. The van der Waals surface area contributed by atoms with Gasteiger partial charge in [0.1, 0.15) is 10.7 Å². The van der Waals surface area contributed by atoms with Crippen LogP contribution in [0.15, 0.2) is 17.0 Å². The van der Waals surface area contributed by atoms with Crippen LogP contribution >= 0.6 is 0 Å². The minimum Gasteiger partial charge on any atom is -0.493 e. The summed E-state index contributed by atoms with van der Waals surface area (Å²) in [6.45, 7) is 3.28. The Labute approximate surface area is 118 Å². The maximum atomic E-state index is 13.9. The van der Waals surface area contributed by atoms with E-state index in [-0.39, 0.29) is 18.0 Å². The maximum absolute atomic E-state index is 13.9. The monoisotopic (exact) mass is 306 g/mol. The van der Waals surface area contributed by atoms with E-state index in [0.29, 0.717) is 0 Å². The smallest absolute Gasteiger partial charge is 0.243 e. The van der Waals surface area contributed by atoms with Crippen molar-refractivity contribution in [3.05, 3.63) is 17.9 Å².